The zero-order valence-electron chi connectivity index (χ0n) is 34.6. The predicted molar refractivity (Wildman–Crippen MR) is 217 cm³/mol. The monoisotopic (exact) mass is 1050 g/mol. The van der Waals surface area contributed by atoms with Crippen LogP contribution in [0.25, 0.3) is 0 Å². The average molecular weight is 1050 g/mol. The molecule has 0 rings (SSSR count). The van der Waals surface area contributed by atoms with Crippen LogP contribution in [-0.4, -0.2) is 58.7 Å². The standard InChI is InChI=1S/C22H45NO.2C11H24O.2W/c1-3-5-7-9-11-13-15-19-23(21-17-18-22-24)20-16-14-12-10-8-6-4-2;2*1-3-5-7-8-10-11(12)9-6-4-2;;/h24H,1-22H2;2*11-12H,3-10H2,1-2H3;;/q-2;;;;. The Kier molecular flexibility index (Phi) is 68.9. The minimum absolute atomic E-state index is 0. The molecular formula is C44H93NO3W2-2. The first-order valence-corrected chi connectivity index (χ1v) is 21.7. The van der Waals surface area contributed by atoms with Crippen molar-refractivity contribution in [2.24, 2.45) is 0 Å². The number of nitrogens with zero attached hydrogens (tertiary/aromatic N) is 1. The summed E-state index contributed by atoms with van der Waals surface area (Å²) in [4.78, 5) is 2.64. The molecule has 50 heavy (non-hydrogen) atoms. The van der Waals surface area contributed by atoms with Crippen molar-refractivity contribution in [1.29, 1.82) is 0 Å². The van der Waals surface area contributed by atoms with Crippen LogP contribution in [0.3, 0.4) is 0 Å². The molecule has 0 aromatic heterocycles. The Labute approximate surface area is 345 Å². The summed E-state index contributed by atoms with van der Waals surface area (Å²) in [6.45, 7) is 20.6. The van der Waals surface area contributed by atoms with Crippen LogP contribution in [0.4, 0.5) is 0 Å². The van der Waals surface area contributed by atoms with Crippen LogP contribution >= 0.6 is 0 Å². The minimum atomic E-state index is -0.0261. The van der Waals surface area contributed by atoms with Gasteiger partial charge in [0.25, 0.3) is 0 Å². The van der Waals surface area contributed by atoms with Crippen molar-refractivity contribution in [2.45, 2.75) is 245 Å². The second kappa shape index (κ2) is 56.9. The zero-order valence-corrected chi connectivity index (χ0v) is 40.5. The summed E-state index contributed by atoms with van der Waals surface area (Å²) in [6.07, 6.45) is 39.5. The third-order valence-electron chi connectivity index (χ3n) is 9.39. The van der Waals surface area contributed by atoms with Crippen LogP contribution in [0.2, 0.25) is 0 Å². The molecule has 0 aromatic rings. The fraction of sp³-hybridized carbons (Fsp3) is 0.955. The van der Waals surface area contributed by atoms with E-state index in [-0.39, 0.29) is 54.3 Å². The fourth-order valence-corrected chi connectivity index (χ4v) is 6.00. The van der Waals surface area contributed by atoms with E-state index >= 15 is 0 Å². The van der Waals surface area contributed by atoms with Gasteiger partial charge in [-0.15, -0.1) is 0 Å². The van der Waals surface area contributed by atoms with Gasteiger partial charge in [-0.1, -0.05) is 169 Å². The molecule has 2 atom stereocenters. The van der Waals surface area contributed by atoms with Crippen molar-refractivity contribution >= 4 is 0 Å². The fourth-order valence-electron chi connectivity index (χ4n) is 6.00. The van der Waals surface area contributed by atoms with Gasteiger partial charge >= 0.3 is 0 Å². The molecular weight excluding hydrogens is 958 g/mol. The molecule has 4 nitrogen and oxygen atoms in total. The van der Waals surface area contributed by atoms with Gasteiger partial charge in [-0.05, 0) is 71.0 Å². The van der Waals surface area contributed by atoms with E-state index in [9.17, 15) is 10.2 Å². The van der Waals surface area contributed by atoms with Gasteiger partial charge in [0, 0.05) is 48.7 Å². The summed E-state index contributed by atoms with van der Waals surface area (Å²) in [5.41, 5.74) is 0. The molecule has 0 fully saturated rings. The zero-order chi connectivity index (χ0) is 36.2. The van der Waals surface area contributed by atoms with Gasteiger partial charge in [-0.2, -0.15) is 12.8 Å². The molecule has 0 bridgehead atoms. The molecule has 0 aliphatic rings. The van der Waals surface area contributed by atoms with Crippen LogP contribution < -0.4 is 0 Å². The van der Waals surface area contributed by atoms with E-state index in [0.29, 0.717) is 6.61 Å². The van der Waals surface area contributed by atoms with Crippen LogP contribution in [0.1, 0.15) is 233 Å². The maximum absolute atomic E-state index is 9.48. The SMILES string of the molecule is CCCCCCC(O)CCCC.CCCCCCC(O)CCCC.[CH2-]CCCCCCCCN(CCCCO)CCCCCCCC[CH2-].[W].[W]. The quantitative estimate of drug-likeness (QED) is 0.0432. The molecule has 0 heterocycles. The van der Waals surface area contributed by atoms with Crippen molar-refractivity contribution in [3.05, 3.63) is 13.8 Å². The third-order valence-corrected chi connectivity index (χ3v) is 9.39. The Morgan fingerprint density at radius 2 is 0.660 bits per heavy atom. The van der Waals surface area contributed by atoms with E-state index in [2.05, 4.69) is 46.4 Å². The summed E-state index contributed by atoms with van der Waals surface area (Å²) in [5, 5.41) is 27.9. The average Bonchev–Trinajstić information content (AvgIpc) is 3.09. The smallest absolute Gasteiger partial charge is 0.0540 e. The summed E-state index contributed by atoms with van der Waals surface area (Å²) in [6, 6.07) is 0. The molecule has 2 unspecified atom stereocenters. The second-order valence-corrected chi connectivity index (χ2v) is 14.5. The minimum Gasteiger partial charge on any atom is -0.396 e. The van der Waals surface area contributed by atoms with Gasteiger partial charge in [-0.25, -0.2) is 0 Å². The van der Waals surface area contributed by atoms with Crippen LogP contribution in [0.5, 0.6) is 0 Å². The van der Waals surface area contributed by atoms with Gasteiger partial charge in [0.2, 0.25) is 0 Å². The number of hydrogen-bond donors (Lipinski definition) is 3. The normalized spacial score (nSPS) is 11.9. The maximum Gasteiger partial charge on any atom is 0.0540 e. The topological polar surface area (TPSA) is 63.9 Å². The van der Waals surface area contributed by atoms with E-state index in [0.717, 1.165) is 51.4 Å². The summed E-state index contributed by atoms with van der Waals surface area (Å²) >= 11 is 0. The molecule has 0 radical (unpaired) electrons. The first-order valence-electron chi connectivity index (χ1n) is 21.7. The van der Waals surface area contributed by atoms with Gasteiger partial charge < -0.3 is 34.1 Å². The van der Waals surface area contributed by atoms with E-state index in [1.165, 1.54) is 174 Å². The molecule has 3 N–H and O–H groups in total. The van der Waals surface area contributed by atoms with Crippen LogP contribution in [0, 0.1) is 13.8 Å². The molecule has 0 aromatic carbocycles. The largest absolute Gasteiger partial charge is 0.396 e. The van der Waals surface area contributed by atoms with Gasteiger partial charge in [0.1, 0.15) is 0 Å². The van der Waals surface area contributed by atoms with Gasteiger partial charge in [0.05, 0.1) is 12.2 Å². The van der Waals surface area contributed by atoms with E-state index in [4.69, 9.17) is 5.11 Å². The van der Waals surface area contributed by atoms with Crippen molar-refractivity contribution in [1.82, 2.24) is 4.90 Å². The van der Waals surface area contributed by atoms with E-state index in [1.54, 1.807) is 0 Å². The number of aliphatic hydroxyl groups excluding tert-OH is 3. The second-order valence-electron chi connectivity index (χ2n) is 14.5. The summed E-state index contributed by atoms with van der Waals surface area (Å²) in [7, 11) is 0. The first kappa shape index (κ1) is 60.5. The Morgan fingerprint density at radius 1 is 0.380 bits per heavy atom. The molecule has 0 saturated heterocycles. The molecule has 0 aliphatic heterocycles. The molecule has 0 spiro atoms. The maximum atomic E-state index is 9.48. The Morgan fingerprint density at radius 3 is 0.980 bits per heavy atom. The van der Waals surface area contributed by atoms with Crippen LogP contribution in [0.15, 0.2) is 0 Å². The Bertz CT molecular complexity index is 489. The molecule has 6 heteroatoms. The van der Waals surface area contributed by atoms with Gasteiger partial charge in [-0.3, -0.25) is 0 Å². The Balaban J connectivity index is -0.000000220. The molecule has 0 amide bonds. The summed E-state index contributed by atoms with van der Waals surface area (Å²) < 4.78 is 0. The molecule has 0 aliphatic carbocycles. The van der Waals surface area contributed by atoms with E-state index < -0.39 is 0 Å². The van der Waals surface area contributed by atoms with Crippen molar-refractivity contribution in [2.75, 3.05) is 26.2 Å². The first-order chi connectivity index (χ1) is 23.5. The summed E-state index contributed by atoms with van der Waals surface area (Å²) in [5.74, 6) is 0. The third kappa shape index (κ3) is 58.5. The number of hydrogen-bond acceptors (Lipinski definition) is 4. The number of aliphatic hydroxyl groups is 3. The van der Waals surface area contributed by atoms with Gasteiger partial charge in [0.15, 0.2) is 0 Å². The molecule has 306 valence electrons. The Hall–Kier alpha value is 1.22. The predicted octanol–water partition coefficient (Wildman–Crippen LogP) is 13.2. The van der Waals surface area contributed by atoms with Crippen LogP contribution in [-0.2, 0) is 42.1 Å². The van der Waals surface area contributed by atoms with Crippen molar-refractivity contribution in [3.8, 4) is 0 Å². The van der Waals surface area contributed by atoms with Crippen molar-refractivity contribution < 1.29 is 57.5 Å². The van der Waals surface area contributed by atoms with E-state index in [1.807, 2.05) is 0 Å². The number of unbranched alkanes of at least 4 members (excludes halogenated alkanes) is 21. The van der Waals surface area contributed by atoms with Crippen molar-refractivity contribution in [3.63, 3.8) is 0 Å². The molecule has 0 saturated carbocycles. The number of rotatable bonds is 36.